The maximum atomic E-state index is 13.3. The van der Waals surface area contributed by atoms with Crippen molar-refractivity contribution in [2.75, 3.05) is 38.3 Å². The standard InChI is InChI=1S/C32H36N2O7/c1-38-18-6-17-33-27-19-24(10-15-28(27)40-22-30(33)36)21-39-29-9-5-16-34(31(29)25-11-13-26(35)14-12-25)32(37)41-20-23-7-3-2-4-8-23/h2-4,7-8,10-15,19,29,31,35H,5-6,9,16-18,20-22H2,1H3. The number of hydrogen-bond donors (Lipinski definition) is 1. The van der Waals surface area contributed by atoms with Gasteiger partial charge in [-0.2, -0.15) is 0 Å². The van der Waals surface area contributed by atoms with Crippen molar-refractivity contribution in [3.05, 3.63) is 89.5 Å². The van der Waals surface area contributed by atoms with Crippen molar-refractivity contribution in [2.45, 2.75) is 44.6 Å². The van der Waals surface area contributed by atoms with Gasteiger partial charge in [0, 0.05) is 26.8 Å². The molecule has 1 fully saturated rings. The Labute approximate surface area is 240 Å². The molecule has 2 amide bonds. The average Bonchev–Trinajstić information content (AvgIpc) is 3.00. The summed E-state index contributed by atoms with van der Waals surface area (Å²) in [7, 11) is 1.64. The van der Waals surface area contributed by atoms with E-state index in [1.807, 2.05) is 60.7 Å². The van der Waals surface area contributed by atoms with Crippen LogP contribution in [0.4, 0.5) is 10.5 Å². The van der Waals surface area contributed by atoms with Crippen molar-refractivity contribution in [1.29, 1.82) is 0 Å². The number of rotatable bonds is 10. The number of aromatic hydroxyl groups is 1. The summed E-state index contributed by atoms with van der Waals surface area (Å²) in [5, 5.41) is 9.88. The Morgan fingerprint density at radius 3 is 2.61 bits per heavy atom. The first kappa shape index (κ1) is 28.4. The number of anilines is 1. The minimum absolute atomic E-state index is 0.0163. The van der Waals surface area contributed by atoms with Gasteiger partial charge in [-0.15, -0.1) is 0 Å². The molecule has 2 heterocycles. The molecule has 3 aromatic rings. The molecule has 2 aliphatic heterocycles. The molecule has 5 rings (SSSR count). The first-order chi connectivity index (χ1) is 20.0. The van der Waals surface area contributed by atoms with Crippen LogP contribution < -0.4 is 9.64 Å². The largest absolute Gasteiger partial charge is 0.508 e. The van der Waals surface area contributed by atoms with Gasteiger partial charge in [0.1, 0.15) is 18.1 Å². The molecule has 0 spiro atoms. The van der Waals surface area contributed by atoms with Crippen LogP contribution in [0.15, 0.2) is 72.8 Å². The van der Waals surface area contributed by atoms with Crippen LogP contribution in [0, 0.1) is 0 Å². The lowest BCUT2D eigenvalue weighted by atomic mass is 9.92. The van der Waals surface area contributed by atoms with Crippen molar-refractivity contribution >= 4 is 17.7 Å². The van der Waals surface area contributed by atoms with Gasteiger partial charge in [-0.05, 0) is 60.2 Å². The molecule has 9 nitrogen and oxygen atoms in total. The molecular weight excluding hydrogens is 524 g/mol. The lowest BCUT2D eigenvalue weighted by Gasteiger charge is -2.40. The van der Waals surface area contributed by atoms with E-state index in [4.69, 9.17) is 18.9 Å². The fraction of sp³-hybridized carbons (Fsp3) is 0.375. The monoisotopic (exact) mass is 560 g/mol. The van der Waals surface area contributed by atoms with Crippen LogP contribution in [0.1, 0.15) is 42.0 Å². The van der Waals surface area contributed by atoms with Crippen molar-refractivity contribution in [3.8, 4) is 11.5 Å². The summed E-state index contributed by atoms with van der Waals surface area (Å²) in [6.07, 6.45) is 1.53. The van der Waals surface area contributed by atoms with Crippen LogP contribution in [0.25, 0.3) is 0 Å². The number of carbonyl (C=O) groups is 2. The molecule has 0 bridgehead atoms. The second kappa shape index (κ2) is 13.5. The minimum Gasteiger partial charge on any atom is -0.508 e. The van der Waals surface area contributed by atoms with Crippen LogP contribution in [0.2, 0.25) is 0 Å². The van der Waals surface area contributed by atoms with E-state index >= 15 is 0 Å². The molecule has 9 heteroatoms. The number of nitrogens with zero attached hydrogens (tertiary/aromatic N) is 2. The van der Waals surface area contributed by atoms with Gasteiger partial charge < -0.3 is 29.0 Å². The number of piperidine rings is 1. The first-order valence-electron chi connectivity index (χ1n) is 14.0. The molecule has 2 aliphatic rings. The van der Waals surface area contributed by atoms with E-state index in [2.05, 4.69) is 0 Å². The molecule has 3 aromatic carbocycles. The molecule has 41 heavy (non-hydrogen) atoms. The summed E-state index contributed by atoms with van der Waals surface area (Å²) in [5.41, 5.74) is 3.39. The van der Waals surface area contributed by atoms with Gasteiger partial charge in [-0.25, -0.2) is 4.79 Å². The van der Waals surface area contributed by atoms with E-state index in [0.717, 1.165) is 41.6 Å². The molecule has 0 saturated carbocycles. The third kappa shape index (κ3) is 6.99. The predicted molar refractivity (Wildman–Crippen MR) is 153 cm³/mol. The van der Waals surface area contributed by atoms with Gasteiger partial charge in [0.05, 0.1) is 24.4 Å². The highest BCUT2D eigenvalue weighted by Gasteiger charge is 2.37. The van der Waals surface area contributed by atoms with Crippen LogP contribution in [0.3, 0.4) is 0 Å². The average molecular weight is 561 g/mol. The smallest absolute Gasteiger partial charge is 0.410 e. The summed E-state index contributed by atoms with van der Waals surface area (Å²) in [6.45, 7) is 2.13. The minimum atomic E-state index is -0.406. The number of phenols is 1. The van der Waals surface area contributed by atoms with Gasteiger partial charge >= 0.3 is 6.09 Å². The second-order valence-corrected chi connectivity index (χ2v) is 10.2. The molecule has 0 radical (unpaired) electrons. The fourth-order valence-corrected chi connectivity index (χ4v) is 5.36. The van der Waals surface area contributed by atoms with E-state index in [1.54, 1.807) is 29.0 Å². The third-order valence-electron chi connectivity index (χ3n) is 7.41. The quantitative estimate of drug-likeness (QED) is 0.340. The normalized spacial score (nSPS) is 18.5. The molecule has 216 valence electrons. The van der Waals surface area contributed by atoms with Crippen LogP contribution >= 0.6 is 0 Å². The highest BCUT2D eigenvalue weighted by Crippen LogP contribution is 2.37. The van der Waals surface area contributed by atoms with Crippen molar-refractivity contribution in [1.82, 2.24) is 4.90 Å². The Bertz CT molecular complexity index is 1320. The number of phenolic OH excluding ortho intramolecular Hbond substituents is 1. The third-order valence-corrected chi connectivity index (χ3v) is 7.41. The van der Waals surface area contributed by atoms with Gasteiger partial charge in [0.25, 0.3) is 5.91 Å². The molecule has 2 atom stereocenters. The van der Waals surface area contributed by atoms with Gasteiger partial charge in [0.15, 0.2) is 6.61 Å². The van der Waals surface area contributed by atoms with Gasteiger partial charge in [-0.1, -0.05) is 48.5 Å². The van der Waals surface area contributed by atoms with E-state index < -0.39 is 6.09 Å². The topological polar surface area (TPSA) is 97.8 Å². The second-order valence-electron chi connectivity index (χ2n) is 10.2. The van der Waals surface area contributed by atoms with E-state index in [1.165, 1.54) is 0 Å². The summed E-state index contributed by atoms with van der Waals surface area (Å²) < 4.78 is 23.0. The summed E-state index contributed by atoms with van der Waals surface area (Å²) >= 11 is 0. The molecular formula is C32H36N2O7. The summed E-state index contributed by atoms with van der Waals surface area (Å²) in [4.78, 5) is 29.4. The maximum absolute atomic E-state index is 13.3. The van der Waals surface area contributed by atoms with Crippen LogP contribution in [-0.2, 0) is 32.2 Å². The van der Waals surface area contributed by atoms with Crippen molar-refractivity contribution in [2.24, 2.45) is 0 Å². The maximum Gasteiger partial charge on any atom is 0.410 e. The lowest BCUT2D eigenvalue weighted by molar-refractivity contribution is -0.121. The molecule has 1 N–H and O–H groups in total. The number of likely N-dealkylation sites (tertiary alicyclic amines) is 1. The zero-order valence-corrected chi connectivity index (χ0v) is 23.2. The van der Waals surface area contributed by atoms with Crippen molar-refractivity contribution < 1.29 is 33.6 Å². The Kier molecular flexibility index (Phi) is 9.38. The number of hydrogen-bond acceptors (Lipinski definition) is 7. The number of carbonyl (C=O) groups excluding carboxylic acids is 2. The number of amides is 2. The number of methoxy groups -OCH3 is 1. The SMILES string of the molecule is COCCCN1C(=O)COc2ccc(COC3CCCN(C(=O)OCc4ccccc4)C3c3ccc(O)cc3)cc21. The summed E-state index contributed by atoms with van der Waals surface area (Å²) in [6, 6.07) is 21.8. The Morgan fingerprint density at radius 2 is 1.83 bits per heavy atom. The van der Waals surface area contributed by atoms with Crippen molar-refractivity contribution in [3.63, 3.8) is 0 Å². The highest BCUT2D eigenvalue weighted by atomic mass is 16.6. The number of ether oxygens (including phenoxy) is 4. The Balaban J connectivity index is 1.32. The Hall–Kier alpha value is -4.08. The van der Waals surface area contributed by atoms with E-state index in [9.17, 15) is 14.7 Å². The zero-order chi connectivity index (χ0) is 28.6. The molecule has 0 aromatic heterocycles. The van der Waals surface area contributed by atoms with Gasteiger partial charge in [0.2, 0.25) is 0 Å². The predicted octanol–water partition coefficient (Wildman–Crippen LogP) is 5.21. The first-order valence-corrected chi connectivity index (χ1v) is 14.0. The fourth-order valence-electron chi connectivity index (χ4n) is 5.36. The number of benzene rings is 3. The summed E-state index contributed by atoms with van der Waals surface area (Å²) in [5.74, 6) is 0.731. The van der Waals surface area contributed by atoms with Crippen LogP contribution in [-0.4, -0.2) is 61.5 Å². The molecule has 1 saturated heterocycles. The Morgan fingerprint density at radius 1 is 1.02 bits per heavy atom. The molecule has 0 aliphatic carbocycles. The van der Waals surface area contributed by atoms with Gasteiger partial charge in [-0.3, -0.25) is 9.69 Å². The number of fused-ring (bicyclic) bond motifs is 1. The highest BCUT2D eigenvalue weighted by molar-refractivity contribution is 5.97. The van der Waals surface area contributed by atoms with E-state index in [0.29, 0.717) is 32.1 Å². The van der Waals surface area contributed by atoms with Crippen LogP contribution in [0.5, 0.6) is 11.5 Å². The zero-order valence-electron chi connectivity index (χ0n) is 23.2. The lowest BCUT2D eigenvalue weighted by Crippen LogP contribution is -2.46. The molecule has 2 unspecified atom stereocenters. The van der Waals surface area contributed by atoms with E-state index in [-0.39, 0.29) is 37.0 Å².